The van der Waals surface area contributed by atoms with Crippen molar-refractivity contribution >= 4 is 23.5 Å². The first-order valence-corrected chi connectivity index (χ1v) is 8.36. The number of aromatic nitrogens is 2. The Kier molecular flexibility index (Phi) is 2.97. The van der Waals surface area contributed by atoms with Gasteiger partial charge in [-0.2, -0.15) is 0 Å². The molecule has 4 heterocycles. The summed E-state index contributed by atoms with van der Waals surface area (Å²) in [5.74, 6) is -0.296. The molecule has 4 rings (SSSR count). The zero-order valence-electron chi connectivity index (χ0n) is 12.2. The number of nitrogens with zero attached hydrogens (tertiary/aromatic N) is 2. The van der Waals surface area contributed by atoms with Crippen molar-refractivity contribution < 1.29 is 14.7 Å². The SMILES string of the molecule is Cc1cc2n(c1C(=O)c1ccc3n1CCS3)CCC2C(=O)O. The third-order valence-electron chi connectivity index (χ3n) is 4.57. The van der Waals surface area contributed by atoms with E-state index in [9.17, 15) is 14.7 Å². The number of fused-ring (bicyclic) bond motifs is 2. The third-order valence-corrected chi connectivity index (χ3v) is 5.61. The minimum atomic E-state index is -0.810. The molecule has 0 amide bonds. The van der Waals surface area contributed by atoms with Gasteiger partial charge in [0.1, 0.15) is 0 Å². The summed E-state index contributed by atoms with van der Waals surface area (Å²) in [6.07, 6.45) is 0.563. The molecule has 5 nitrogen and oxygen atoms in total. The predicted octanol–water partition coefficient (Wildman–Crippen LogP) is 2.51. The number of thioether (sulfide) groups is 1. The molecule has 1 unspecified atom stereocenters. The first-order valence-electron chi connectivity index (χ1n) is 7.38. The highest BCUT2D eigenvalue weighted by Gasteiger charge is 2.34. The van der Waals surface area contributed by atoms with Crippen molar-refractivity contribution in [1.29, 1.82) is 0 Å². The second kappa shape index (κ2) is 4.78. The van der Waals surface area contributed by atoms with E-state index in [1.165, 1.54) is 0 Å². The number of carboxylic acids is 1. The molecule has 1 atom stereocenters. The molecule has 22 heavy (non-hydrogen) atoms. The Morgan fingerprint density at radius 1 is 1.27 bits per heavy atom. The van der Waals surface area contributed by atoms with E-state index in [1.807, 2.05) is 29.7 Å². The van der Waals surface area contributed by atoms with Gasteiger partial charge in [0.2, 0.25) is 5.78 Å². The number of carboxylic acid groups (broad SMARTS) is 1. The summed E-state index contributed by atoms with van der Waals surface area (Å²) in [6, 6.07) is 5.74. The van der Waals surface area contributed by atoms with Crippen LogP contribution in [0.5, 0.6) is 0 Å². The van der Waals surface area contributed by atoms with Crippen LogP contribution < -0.4 is 0 Å². The summed E-state index contributed by atoms with van der Waals surface area (Å²) < 4.78 is 3.97. The summed E-state index contributed by atoms with van der Waals surface area (Å²) in [4.78, 5) is 24.3. The van der Waals surface area contributed by atoms with Gasteiger partial charge in [-0.05, 0) is 37.1 Å². The van der Waals surface area contributed by atoms with Crippen LogP contribution in [0.4, 0.5) is 0 Å². The summed E-state index contributed by atoms with van der Waals surface area (Å²) in [7, 11) is 0. The zero-order valence-corrected chi connectivity index (χ0v) is 13.0. The van der Waals surface area contributed by atoms with Crippen LogP contribution in [-0.2, 0) is 17.9 Å². The van der Waals surface area contributed by atoms with E-state index in [4.69, 9.17) is 0 Å². The molecule has 0 saturated heterocycles. The van der Waals surface area contributed by atoms with Gasteiger partial charge < -0.3 is 14.2 Å². The van der Waals surface area contributed by atoms with Gasteiger partial charge in [-0.1, -0.05) is 0 Å². The topological polar surface area (TPSA) is 64.2 Å². The molecular formula is C16H16N2O3S. The van der Waals surface area contributed by atoms with E-state index in [0.717, 1.165) is 28.6 Å². The Balaban J connectivity index is 1.79. The number of ketones is 1. The molecule has 1 N–H and O–H groups in total. The summed E-state index contributed by atoms with van der Waals surface area (Å²) in [6.45, 7) is 3.35. The second-order valence-electron chi connectivity index (χ2n) is 5.82. The van der Waals surface area contributed by atoms with E-state index in [2.05, 4.69) is 4.57 Å². The highest BCUT2D eigenvalue weighted by molar-refractivity contribution is 7.99. The average molecular weight is 316 g/mol. The molecule has 0 fully saturated rings. The Bertz CT molecular complexity index is 803. The number of hydrogen-bond acceptors (Lipinski definition) is 3. The fraction of sp³-hybridized carbons (Fsp3) is 0.375. The maximum atomic E-state index is 13.0. The minimum Gasteiger partial charge on any atom is -0.481 e. The highest BCUT2D eigenvalue weighted by atomic mass is 32.2. The van der Waals surface area contributed by atoms with Gasteiger partial charge in [-0.3, -0.25) is 9.59 Å². The van der Waals surface area contributed by atoms with Gasteiger partial charge in [0, 0.05) is 24.5 Å². The number of carbonyl (C=O) groups is 2. The summed E-state index contributed by atoms with van der Waals surface area (Å²) in [5, 5.41) is 10.4. The first kappa shape index (κ1) is 13.7. The fourth-order valence-electron chi connectivity index (χ4n) is 3.56. The monoisotopic (exact) mass is 316 g/mol. The van der Waals surface area contributed by atoms with Crippen molar-refractivity contribution in [2.24, 2.45) is 0 Å². The van der Waals surface area contributed by atoms with E-state index in [0.29, 0.717) is 24.4 Å². The lowest BCUT2D eigenvalue weighted by Gasteiger charge is -2.09. The van der Waals surface area contributed by atoms with Crippen LogP contribution in [0.1, 0.15) is 39.8 Å². The van der Waals surface area contributed by atoms with Crippen molar-refractivity contribution in [3.05, 3.63) is 40.8 Å². The van der Waals surface area contributed by atoms with Crippen LogP contribution in [-0.4, -0.2) is 31.7 Å². The second-order valence-corrected chi connectivity index (χ2v) is 6.93. The van der Waals surface area contributed by atoms with Crippen molar-refractivity contribution in [3.8, 4) is 0 Å². The Morgan fingerprint density at radius 2 is 2.09 bits per heavy atom. The largest absolute Gasteiger partial charge is 0.481 e. The van der Waals surface area contributed by atoms with Crippen LogP contribution >= 0.6 is 11.8 Å². The smallest absolute Gasteiger partial charge is 0.312 e. The molecule has 0 spiro atoms. The van der Waals surface area contributed by atoms with Gasteiger partial charge in [-0.15, -0.1) is 11.8 Å². The molecular weight excluding hydrogens is 300 g/mol. The van der Waals surface area contributed by atoms with Crippen molar-refractivity contribution in [1.82, 2.24) is 9.13 Å². The van der Waals surface area contributed by atoms with Crippen molar-refractivity contribution in [2.45, 2.75) is 37.4 Å². The van der Waals surface area contributed by atoms with Crippen molar-refractivity contribution in [2.75, 3.05) is 5.75 Å². The molecule has 2 aliphatic heterocycles. The maximum absolute atomic E-state index is 13.0. The molecule has 6 heteroatoms. The van der Waals surface area contributed by atoms with Crippen LogP contribution in [0.3, 0.4) is 0 Å². The number of hydrogen-bond donors (Lipinski definition) is 1. The van der Waals surface area contributed by atoms with Gasteiger partial charge in [0.15, 0.2) is 0 Å². The zero-order chi connectivity index (χ0) is 15.4. The molecule has 0 bridgehead atoms. The molecule has 2 aromatic heterocycles. The van der Waals surface area contributed by atoms with Gasteiger partial charge in [0.25, 0.3) is 0 Å². The molecule has 0 aliphatic carbocycles. The predicted molar refractivity (Wildman–Crippen MR) is 82.8 cm³/mol. The molecule has 114 valence electrons. The van der Waals surface area contributed by atoms with Crippen LogP contribution in [0.2, 0.25) is 0 Å². The number of rotatable bonds is 3. The quantitative estimate of drug-likeness (QED) is 0.884. The summed E-state index contributed by atoms with van der Waals surface area (Å²) in [5.41, 5.74) is 2.99. The van der Waals surface area contributed by atoms with Gasteiger partial charge in [-0.25, -0.2) is 0 Å². The highest BCUT2D eigenvalue weighted by Crippen LogP contribution is 2.35. The standard InChI is InChI=1S/C16H16N2O3S/c1-9-8-12-10(16(20)21)4-5-18(12)14(9)15(19)11-2-3-13-17(11)6-7-22-13/h2-3,8,10H,4-7H2,1H3,(H,20,21). The average Bonchev–Trinajstić information content (AvgIpc) is 3.15. The minimum absolute atomic E-state index is 0.00328. The molecule has 0 saturated carbocycles. The van der Waals surface area contributed by atoms with E-state index in [1.54, 1.807) is 11.8 Å². The summed E-state index contributed by atoms with van der Waals surface area (Å²) >= 11 is 1.76. The van der Waals surface area contributed by atoms with Crippen LogP contribution in [0, 0.1) is 6.92 Å². The molecule has 0 radical (unpaired) electrons. The molecule has 2 aromatic rings. The number of aryl methyl sites for hydroxylation is 1. The van der Waals surface area contributed by atoms with Crippen LogP contribution in [0.25, 0.3) is 0 Å². The lowest BCUT2D eigenvalue weighted by Crippen LogP contribution is -2.14. The lowest BCUT2D eigenvalue weighted by atomic mass is 10.0. The van der Waals surface area contributed by atoms with E-state index in [-0.39, 0.29) is 5.78 Å². The normalized spacial score (nSPS) is 19.2. The number of carbonyl (C=O) groups excluding carboxylic acids is 1. The van der Waals surface area contributed by atoms with Crippen LogP contribution in [0.15, 0.2) is 23.2 Å². The first-order chi connectivity index (χ1) is 10.6. The van der Waals surface area contributed by atoms with Gasteiger partial charge in [0.05, 0.1) is 22.3 Å². The van der Waals surface area contributed by atoms with E-state index >= 15 is 0 Å². The Morgan fingerprint density at radius 3 is 2.86 bits per heavy atom. The molecule has 0 aromatic carbocycles. The third kappa shape index (κ3) is 1.80. The lowest BCUT2D eigenvalue weighted by molar-refractivity contribution is -0.138. The van der Waals surface area contributed by atoms with Crippen molar-refractivity contribution in [3.63, 3.8) is 0 Å². The Labute approximate surface area is 131 Å². The fourth-order valence-corrected chi connectivity index (χ4v) is 4.56. The maximum Gasteiger partial charge on any atom is 0.312 e. The molecule has 2 aliphatic rings. The van der Waals surface area contributed by atoms with E-state index < -0.39 is 11.9 Å². The van der Waals surface area contributed by atoms with Gasteiger partial charge >= 0.3 is 5.97 Å². The number of aliphatic carboxylic acids is 1. The Hall–Kier alpha value is -1.95.